The van der Waals surface area contributed by atoms with Crippen molar-refractivity contribution in [1.82, 2.24) is 5.32 Å². The second-order valence-corrected chi connectivity index (χ2v) is 5.84. The number of ether oxygens (including phenoxy) is 3. The summed E-state index contributed by atoms with van der Waals surface area (Å²) in [7, 11) is 1.68. The van der Waals surface area contributed by atoms with Gasteiger partial charge in [0.1, 0.15) is 0 Å². The summed E-state index contributed by atoms with van der Waals surface area (Å²) >= 11 is 0. The van der Waals surface area contributed by atoms with Gasteiger partial charge in [-0.25, -0.2) is 0 Å². The van der Waals surface area contributed by atoms with Gasteiger partial charge < -0.3 is 19.5 Å². The van der Waals surface area contributed by atoms with Gasteiger partial charge >= 0.3 is 0 Å². The minimum Gasteiger partial charge on any atom is -0.382 e. The van der Waals surface area contributed by atoms with Crippen LogP contribution in [0.15, 0.2) is 0 Å². The Morgan fingerprint density at radius 3 is 2.05 bits per heavy atom. The van der Waals surface area contributed by atoms with Crippen LogP contribution in [0.2, 0.25) is 0 Å². The van der Waals surface area contributed by atoms with Crippen LogP contribution in [0.5, 0.6) is 0 Å². The average Bonchev–Trinajstić information content (AvgIpc) is 2.34. The average molecular weight is 275 g/mol. The molecule has 1 N–H and O–H groups in total. The van der Waals surface area contributed by atoms with Gasteiger partial charge in [-0.2, -0.15) is 0 Å². The normalized spacial score (nSPS) is 13.7. The highest BCUT2D eigenvalue weighted by Gasteiger charge is 2.22. The predicted molar refractivity (Wildman–Crippen MR) is 79.7 cm³/mol. The first-order chi connectivity index (χ1) is 9.02. The Morgan fingerprint density at radius 1 is 0.947 bits per heavy atom. The summed E-state index contributed by atoms with van der Waals surface area (Å²) < 4.78 is 15.8. The number of hydrogen-bond acceptors (Lipinski definition) is 4. The smallest absolute Gasteiger partial charge is 0.0701 e. The van der Waals surface area contributed by atoms with E-state index in [0.29, 0.717) is 37.9 Å². The summed E-state index contributed by atoms with van der Waals surface area (Å²) in [5.74, 6) is 0. The van der Waals surface area contributed by atoms with Crippen molar-refractivity contribution in [2.75, 3.05) is 46.7 Å². The highest BCUT2D eigenvalue weighted by atomic mass is 16.5. The summed E-state index contributed by atoms with van der Waals surface area (Å²) in [5, 5.41) is 3.55. The van der Waals surface area contributed by atoms with E-state index in [0.717, 1.165) is 26.0 Å². The minimum absolute atomic E-state index is 0.305. The number of rotatable bonds is 12. The van der Waals surface area contributed by atoms with Crippen LogP contribution in [-0.4, -0.2) is 52.7 Å². The molecular formula is C15H33NO3. The second kappa shape index (κ2) is 11.6. The third-order valence-electron chi connectivity index (χ3n) is 3.08. The molecule has 0 aromatic carbocycles. The Hall–Kier alpha value is -0.160. The minimum atomic E-state index is 0.305. The first-order valence-electron chi connectivity index (χ1n) is 7.40. The van der Waals surface area contributed by atoms with Crippen LogP contribution in [0.1, 0.15) is 40.5 Å². The van der Waals surface area contributed by atoms with Gasteiger partial charge in [-0.3, -0.25) is 0 Å². The van der Waals surface area contributed by atoms with E-state index in [4.69, 9.17) is 14.2 Å². The largest absolute Gasteiger partial charge is 0.382 e. The molecule has 0 saturated heterocycles. The zero-order valence-corrected chi connectivity index (χ0v) is 13.5. The molecule has 0 bridgehead atoms. The fraction of sp³-hybridized carbons (Fsp3) is 1.00. The van der Waals surface area contributed by atoms with Crippen molar-refractivity contribution in [2.45, 2.75) is 46.6 Å². The summed E-state index contributed by atoms with van der Waals surface area (Å²) in [6.07, 6.45) is 2.24. The van der Waals surface area contributed by atoms with Crippen molar-refractivity contribution in [3.63, 3.8) is 0 Å². The molecule has 0 aliphatic rings. The van der Waals surface area contributed by atoms with Gasteiger partial charge in [0, 0.05) is 19.8 Å². The van der Waals surface area contributed by atoms with Gasteiger partial charge in [-0.05, 0) is 24.8 Å². The van der Waals surface area contributed by atoms with Crippen molar-refractivity contribution >= 4 is 0 Å². The van der Waals surface area contributed by atoms with Gasteiger partial charge in [-0.1, -0.05) is 27.7 Å². The Labute approximate surface area is 119 Å². The SMILES string of the molecule is CCNC(CCCOCCOCCOC)C(C)(C)C. The van der Waals surface area contributed by atoms with Crippen LogP contribution in [-0.2, 0) is 14.2 Å². The van der Waals surface area contributed by atoms with E-state index in [1.807, 2.05) is 0 Å². The van der Waals surface area contributed by atoms with Gasteiger partial charge in [0.2, 0.25) is 0 Å². The molecule has 1 atom stereocenters. The molecule has 0 rings (SSSR count). The third kappa shape index (κ3) is 11.4. The van der Waals surface area contributed by atoms with Crippen molar-refractivity contribution in [1.29, 1.82) is 0 Å². The lowest BCUT2D eigenvalue weighted by molar-refractivity contribution is 0.0230. The van der Waals surface area contributed by atoms with Gasteiger partial charge in [0.05, 0.1) is 26.4 Å². The third-order valence-corrected chi connectivity index (χ3v) is 3.08. The highest BCUT2D eigenvalue weighted by Crippen LogP contribution is 2.22. The zero-order chi connectivity index (χ0) is 14.6. The molecule has 0 saturated carbocycles. The van der Waals surface area contributed by atoms with E-state index in [-0.39, 0.29) is 0 Å². The van der Waals surface area contributed by atoms with E-state index >= 15 is 0 Å². The van der Waals surface area contributed by atoms with Crippen molar-refractivity contribution in [3.05, 3.63) is 0 Å². The Morgan fingerprint density at radius 2 is 1.53 bits per heavy atom. The molecule has 0 aliphatic carbocycles. The van der Waals surface area contributed by atoms with Crippen LogP contribution >= 0.6 is 0 Å². The topological polar surface area (TPSA) is 39.7 Å². The van der Waals surface area contributed by atoms with E-state index in [1.165, 1.54) is 0 Å². The Bertz CT molecular complexity index is 192. The second-order valence-electron chi connectivity index (χ2n) is 5.84. The molecule has 1 unspecified atom stereocenters. The van der Waals surface area contributed by atoms with E-state index in [2.05, 4.69) is 33.0 Å². The lowest BCUT2D eigenvalue weighted by Crippen LogP contribution is -2.40. The molecule has 0 aliphatic heterocycles. The van der Waals surface area contributed by atoms with Gasteiger partial charge in [0.25, 0.3) is 0 Å². The first kappa shape index (κ1) is 18.8. The summed E-state index contributed by atoms with van der Waals surface area (Å²) in [6.45, 7) is 13.5. The fourth-order valence-electron chi connectivity index (χ4n) is 1.94. The maximum absolute atomic E-state index is 5.56. The van der Waals surface area contributed by atoms with Crippen molar-refractivity contribution < 1.29 is 14.2 Å². The quantitative estimate of drug-likeness (QED) is 0.555. The van der Waals surface area contributed by atoms with Gasteiger partial charge in [0.15, 0.2) is 0 Å². The van der Waals surface area contributed by atoms with Crippen molar-refractivity contribution in [2.24, 2.45) is 5.41 Å². The van der Waals surface area contributed by atoms with Crippen LogP contribution in [0, 0.1) is 5.41 Å². The number of nitrogens with one attached hydrogen (secondary N) is 1. The summed E-state index contributed by atoms with van der Waals surface area (Å²) in [5.41, 5.74) is 0.305. The van der Waals surface area contributed by atoms with Crippen molar-refractivity contribution in [3.8, 4) is 0 Å². The fourth-order valence-corrected chi connectivity index (χ4v) is 1.94. The maximum Gasteiger partial charge on any atom is 0.0701 e. The van der Waals surface area contributed by atoms with E-state index in [9.17, 15) is 0 Å². The standard InChI is InChI=1S/C15H33NO3/c1-6-16-14(15(2,3)4)8-7-9-18-12-13-19-11-10-17-5/h14,16H,6-13H2,1-5H3. The van der Waals surface area contributed by atoms with Crippen LogP contribution in [0.25, 0.3) is 0 Å². The zero-order valence-electron chi connectivity index (χ0n) is 13.5. The molecule has 19 heavy (non-hydrogen) atoms. The lowest BCUT2D eigenvalue weighted by atomic mass is 9.84. The molecule has 4 heteroatoms. The molecule has 0 heterocycles. The molecule has 0 spiro atoms. The molecule has 0 aromatic heterocycles. The Kier molecular flexibility index (Phi) is 11.6. The van der Waals surface area contributed by atoms with E-state index in [1.54, 1.807) is 7.11 Å². The van der Waals surface area contributed by atoms with Crippen LogP contribution in [0.3, 0.4) is 0 Å². The molecule has 0 aromatic rings. The van der Waals surface area contributed by atoms with E-state index < -0.39 is 0 Å². The first-order valence-corrected chi connectivity index (χ1v) is 7.40. The van der Waals surface area contributed by atoms with Crippen LogP contribution in [0.4, 0.5) is 0 Å². The molecular weight excluding hydrogens is 242 g/mol. The molecule has 0 fully saturated rings. The summed E-state index contributed by atoms with van der Waals surface area (Å²) in [4.78, 5) is 0. The molecule has 0 amide bonds. The molecule has 116 valence electrons. The maximum atomic E-state index is 5.56. The molecule has 4 nitrogen and oxygen atoms in total. The summed E-state index contributed by atoms with van der Waals surface area (Å²) in [6, 6.07) is 0.555. The lowest BCUT2D eigenvalue weighted by Gasteiger charge is -2.31. The van der Waals surface area contributed by atoms with Crippen LogP contribution < -0.4 is 5.32 Å². The predicted octanol–water partition coefficient (Wildman–Crippen LogP) is 2.47. The molecule has 0 radical (unpaired) electrons. The number of hydrogen-bond donors (Lipinski definition) is 1. The monoisotopic (exact) mass is 275 g/mol. The highest BCUT2D eigenvalue weighted by molar-refractivity contribution is 4.79. The Balaban J connectivity index is 3.45. The number of methoxy groups -OCH3 is 1. The van der Waals surface area contributed by atoms with Gasteiger partial charge in [-0.15, -0.1) is 0 Å².